The molecule has 0 saturated carbocycles. The Morgan fingerprint density at radius 2 is 1.80 bits per heavy atom. The molecule has 0 aromatic heterocycles. The van der Waals surface area contributed by atoms with E-state index in [-0.39, 0.29) is 0 Å². The molecule has 0 aromatic rings. The average Bonchev–Trinajstić information content (AvgIpc) is 1.82. The third-order valence-corrected chi connectivity index (χ3v) is 2.08. The Kier molecular flexibility index (Phi) is 2.32. The van der Waals surface area contributed by atoms with Crippen molar-refractivity contribution in [2.75, 3.05) is 26.7 Å². The van der Waals surface area contributed by atoms with E-state index in [0.29, 0.717) is 5.60 Å². The van der Waals surface area contributed by atoms with E-state index in [2.05, 4.69) is 11.9 Å². The molecule has 2 saturated heterocycles. The lowest BCUT2D eigenvalue weighted by Crippen LogP contribution is -2.66. The molecule has 0 radical (unpaired) electrons. The van der Waals surface area contributed by atoms with Crippen LogP contribution in [0.5, 0.6) is 0 Å². The Morgan fingerprint density at radius 3 is 1.90 bits per heavy atom. The number of nitrogens with zero attached hydrogens (tertiary/aromatic N) is 1. The minimum Gasteiger partial charge on any atom is -0.372 e. The van der Waals surface area contributed by atoms with E-state index in [4.69, 9.17) is 4.74 Å². The van der Waals surface area contributed by atoms with E-state index in [0.717, 1.165) is 19.7 Å². The number of hydrogen-bond acceptors (Lipinski definition) is 2. The lowest BCUT2D eigenvalue weighted by Gasteiger charge is -2.53. The second-order valence-corrected chi connectivity index (χ2v) is 2.95. The maximum absolute atomic E-state index is 5.38. The molecule has 1 spiro atoms. The van der Waals surface area contributed by atoms with Gasteiger partial charge in [0.25, 0.3) is 0 Å². The largest absolute Gasteiger partial charge is 0.372 e. The number of hydrogen-bond donors (Lipinski definition) is 0. The molecule has 0 aromatic carbocycles. The Hall–Kier alpha value is -0.0800. The van der Waals surface area contributed by atoms with Crippen LogP contribution in [0.15, 0.2) is 0 Å². The predicted molar refractivity (Wildman–Crippen MR) is 42.1 cm³/mol. The highest BCUT2D eigenvalue weighted by Gasteiger charge is 2.47. The van der Waals surface area contributed by atoms with Crippen molar-refractivity contribution in [2.45, 2.75) is 25.9 Å². The van der Waals surface area contributed by atoms with Gasteiger partial charge in [-0.25, -0.2) is 0 Å². The molecule has 2 aliphatic rings. The Labute approximate surface area is 63.2 Å². The van der Waals surface area contributed by atoms with Gasteiger partial charge in [-0.3, -0.25) is 0 Å². The summed E-state index contributed by atoms with van der Waals surface area (Å²) in [4.78, 5) is 2.29. The lowest BCUT2D eigenvalue weighted by molar-refractivity contribution is -0.215. The molecule has 0 aliphatic carbocycles. The third-order valence-electron chi connectivity index (χ3n) is 2.08. The summed E-state index contributed by atoms with van der Waals surface area (Å²) in [5.74, 6) is 0. The number of ether oxygens (including phenoxy) is 1. The summed E-state index contributed by atoms with van der Waals surface area (Å²) < 4.78 is 5.38. The highest BCUT2D eigenvalue weighted by molar-refractivity contribution is 5.00. The van der Waals surface area contributed by atoms with Crippen molar-refractivity contribution >= 4 is 0 Å². The number of rotatable bonds is 0. The first-order valence-electron chi connectivity index (χ1n) is 4.13. The summed E-state index contributed by atoms with van der Waals surface area (Å²) in [5, 5.41) is 0. The standard InChI is InChI=1S/C6H11NO.C2H6/c1-7-4-6(5-7)2-3-8-6;1-2/h2-5H2,1H3;1-2H3. The molecule has 2 heteroatoms. The first-order valence-corrected chi connectivity index (χ1v) is 4.13. The van der Waals surface area contributed by atoms with Crippen LogP contribution in [0.1, 0.15) is 20.3 Å². The monoisotopic (exact) mass is 143 g/mol. The molecule has 10 heavy (non-hydrogen) atoms. The van der Waals surface area contributed by atoms with Gasteiger partial charge in [0.1, 0.15) is 0 Å². The van der Waals surface area contributed by atoms with Crippen LogP contribution in [0, 0.1) is 0 Å². The van der Waals surface area contributed by atoms with Crippen LogP contribution >= 0.6 is 0 Å². The van der Waals surface area contributed by atoms with Crippen molar-refractivity contribution in [3.63, 3.8) is 0 Å². The zero-order valence-electron chi connectivity index (χ0n) is 7.18. The van der Waals surface area contributed by atoms with Crippen molar-refractivity contribution < 1.29 is 4.74 Å². The molecule has 2 fully saturated rings. The minimum absolute atomic E-state index is 0.342. The van der Waals surface area contributed by atoms with Crippen LogP contribution in [0.3, 0.4) is 0 Å². The molecule has 0 bridgehead atoms. The van der Waals surface area contributed by atoms with Gasteiger partial charge >= 0.3 is 0 Å². The van der Waals surface area contributed by atoms with E-state index < -0.39 is 0 Å². The van der Waals surface area contributed by atoms with Crippen molar-refractivity contribution in [1.29, 1.82) is 0 Å². The highest BCUT2D eigenvalue weighted by Crippen LogP contribution is 2.34. The summed E-state index contributed by atoms with van der Waals surface area (Å²) in [7, 11) is 2.13. The first-order chi connectivity index (χ1) is 4.81. The predicted octanol–water partition coefficient (Wildman–Crippen LogP) is 1.12. The molecule has 2 heterocycles. The van der Waals surface area contributed by atoms with E-state index in [1.807, 2.05) is 13.8 Å². The highest BCUT2D eigenvalue weighted by atomic mass is 16.5. The summed E-state index contributed by atoms with van der Waals surface area (Å²) in [5.41, 5.74) is 0.342. The van der Waals surface area contributed by atoms with Gasteiger partial charge in [0, 0.05) is 19.5 Å². The molecular weight excluding hydrogens is 126 g/mol. The fraction of sp³-hybridized carbons (Fsp3) is 1.00. The van der Waals surface area contributed by atoms with Gasteiger partial charge in [-0.05, 0) is 7.05 Å². The minimum atomic E-state index is 0.342. The first kappa shape index (κ1) is 8.02. The zero-order chi connectivity index (χ0) is 7.61. The molecule has 2 aliphatic heterocycles. The third kappa shape index (κ3) is 1.18. The van der Waals surface area contributed by atoms with Gasteiger partial charge < -0.3 is 9.64 Å². The van der Waals surface area contributed by atoms with E-state index in [1.54, 1.807) is 0 Å². The van der Waals surface area contributed by atoms with Gasteiger partial charge in [-0.15, -0.1) is 0 Å². The van der Waals surface area contributed by atoms with Crippen LogP contribution in [0.2, 0.25) is 0 Å². The Balaban J connectivity index is 0.000000231. The van der Waals surface area contributed by atoms with Crippen LogP contribution < -0.4 is 0 Å². The van der Waals surface area contributed by atoms with Crippen LogP contribution in [0.4, 0.5) is 0 Å². The average molecular weight is 143 g/mol. The van der Waals surface area contributed by atoms with E-state index in [1.165, 1.54) is 6.42 Å². The zero-order valence-corrected chi connectivity index (χ0v) is 7.18. The number of likely N-dealkylation sites (tertiary alicyclic amines) is 1. The number of likely N-dealkylation sites (N-methyl/N-ethyl adjacent to an activating group) is 1. The van der Waals surface area contributed by atoms with Gasteiger partial charge in [0.2, 0.25) is 0 Å². The topological polar surface area (TPSA) is 12.5 Å². The molecule has 0 atom stereocenters. The summed E-state index contributed by atoms with van der Waals surface area (Å²) in [6.45, 7) is 7.31. The van der Waals surface area contributed by atoms with Crippen molar-refractivity contribution in [3.8, 4) is 0 Å². The van der Waals surface area contributed by atoms with Crippen LogP contribution in [-0.4, -0.2) is 37.2 Å². The summed E-state index contributed by atoms with van der Waals surface area (Å²) in [6, 6.07) is 0. The smallest absolute Gasteiger partial charge is 0.0956 e. The van der Waals surface area contributed by atoms with Crippen molar-refractivity contribution in [2.24, 2.45) is 0 Å². The maximum atomic E-state index is 5.38. The molecule has 60 valence electrons. The fourth-order valence-corrected chi connectivity index (χ4v) is 1.58. The van der Waals surface area contributed by atoms with Gasteiger partial charge in [-0.1, -0.05) is 13.8 Å². The molecule has 2 rings (SSSR count). The quantitative estimate of drug-likeness (QED) is 0.504. The van der Waals surface area contributed by atoms with E-state index in [9.17, 15) is 0 Å². The van der Waals surface area contributed by atoms with Gasteiger partial charge in [0.05, 0.1) is 12.2 Å². The second kappa shape index (κ2) is 2.89. The molecule has 0 unspecified atom stereocenters. The SMILES string of the molecule is CC.CN1CC2(CCO2)C1. The molecule has 0 N–H and O–H groups in total. The fourth-order valence-electron chi connectivity index (χ4n) is 1.58. The van der Waals surface area contributed by atoms with Gasteiger partial charge in [-0.2, -0.15) is 0 Å². The van der Waals surface area contributed by atoms with Gasteiger partial charge in [0.15, 0.2) is 0 Å². The summed E-state index contributed by atoms with van der Waals surface area (Å²) >= 11 is 0. The van der Waals surface area contributed by atoms with Crippen molar-refractivity contribution in [3.05, 3.63) is 0 Å². The van der Waals surface area contributed by atoms with Crippen LogP contribution in [-0.2, 0) is 4.74 Å². The molecular formula is C8H17NO. The van der Waals surface area contributed by atoms with Crippen molar-refractivity contribution in [1.82, 2.24) is 4.90 Å². The summed E-state index contributed by atoms with van der Waals surface area (Å²) in [6.07, 6.45) is 1.29. The van der Waals surface area contributed by atoms with E-state index >= 15 is 0 Å². The Bertz CT molecular complexity index is 102. The Morgan fingerprint density at radius 1 is 1.30 bits per heavy atom. The molecule has 2 nitrogen and oxygen atoms in total. The lowest BCUT2D eigenvalue weighted by atomic mass is 9.87. The maximum Gasteiger partial charge on any atom is 0.0956 e. The normalized spacial score (nSPS) is 27.9. The second-order valence-electron chi connectivity index (χ2n) is 2.95. The van der Waals surface area contributed by atoms with Crippen LogP contribution in [0.25, 0.3) is 0 Å². The molecule has 0 amide bonds.